The molecule has 1 atom stereocenters. The van der Waals surface area contributed by atoms with Gasteiger partial charge in [-0.1, -0.05) is 36.0 Å². The quantitative estimate of drug-likeness (QED) is 0.836. The molecule has 25 heavy (non-hydrogen) atoms. The number of nitrogens with zero attached hydrogens (tertiary/aromatic N) is 3. The first-order chi connectivity index (χ1) is 12.1. The fraction of sp³-hybridized carbons (Fsp3) is 0.500. The van der Waals surface area contributed by atoms with Gasteiger partial charge in [0.25, 0.3) is 0 Å². The van der Waals surface area contributed by atoms with E-state index in [4.69, 9.17) is 5.10 Å². The van der Waals surface area contributed by atoms with Crippen LogP contribution in [0.1, 0.15) is 44.9 Å². The smallest absolute Gasteiger partial charge is 0.219 e. The molecule has 0 fully saturated rings. The van der Waals surface area contributed by atoms with E-state index in [0.717, 1.165) is 38.2 Å². The number of aromatic nitrogens is 2. The number of aryl methyl sites for hydroxylation is 1. The molecule has 1 amide bonds. The average Bonchev–Trinajstić information content (AvgIpc) is 2.92. The first-order valence-corrected chi connectivity index (χ1v) is 9.14. The number of amides is 1. The van der Waals surface area contributed by atoms with Crippen LogP contribution in [0.4, 0.5) is 5.82 Å². The number of anilines is 1. The van der Waals surface area contributed by atoms with Gasteiger partial charge in [-0.05, 0) is 26.7 Å². The minimum Gasteiger partial charge on any atom is -0.362 e. The number of hydrogen-bond acceptors (Lipinski definition) is 3. The maximum absolute atomic E-state index is 11.8. The van der Waals surface area contributed by atoms with Crippen LogP contribution in [0.3, 0.4) is 0 Å². The average molecular weight is 340 g/mol. The Morgan fingerprint density at radius 3 is 3.04 bits per heavy atom. The lowest BCUT2D eigenvalue weighted by atomic mass is 10.0. The van der Waals surface area contributed by atoms with Crippen LogP contribution in [0.5, 0.6) is 0 Å². The first kappa shape index (κ1) is 17.5. The van der Waals surface area contributed by atoms with E-state index in [1.807, 2.05) is 11.8 Å². The van der Waals surface area contributed by atoms with Gasteiger partial charge in [-0.25, -0.2) is 0 Å². The molecular weight excluding hydrogens is 312 g/mol. The van der Waals surface area contributed by atoms with Gasteiger partial charge in [0.05, 0.1) is 6.54 Å². The van der Waals surface area contributed by atoms with Crippen molar-refractivity contribution in [3.05, 3.63) is 47.2 Å². The van der Waals surface area contributed by atoms with E-state index in [-0.39, 0.29) is 11.9 Å². The Hall–Kier alpha value is -2.30. The Bertz CT molecular complexity index is 726. The highest BCUT2D eigenvalue weighted by atomic mass is 16.2. The topological polar surface area (TPSA) is 50.2 Å². The summed E-state index contributed by atoms with van der Waals surface area (Å²) in [4.78, 5) is 13.7. The molecule has 1 aliphatic heterocycles. The van der Waals surface area contributed by atoms with Gasteiger partial charge in [-0.3, -0.25) is 9.48 Å². The SMILES string of the molecule is C/C=C/CCn1nc(NC2C=CC=C(C)C2)c2c1CCN(C(C)=O)C2. The third kappa shape index (κ3) is 4.03. The number of allylic oxidation sites excluding steroid dienone is 4. The lowest BCUT2D eigenvalue weighted by molar-refractivity contribution is -0.129. The summed E-state index contributed by atoms with van der Waals surface area (Å²) in [6.45, 7) is 8.16. The van der Waals surface area contributed by atoms with Crippen molar-refractivity contribution in [3.8, 4) is 0 Å². The van der Waals surface area contributed by atoms with Crippen LogP contribution in [0.2, 0.25) is 0 Å². The Kier molecular flexibility index (Phi) is 5.41. The van der Waals surface area contributed by atoms with Crippen molar-refractivity contribution in [2.75, 3.05) is 11.9 Å². The predicted octanol–water partition coefficient (Wildman–Crippen LogP) is 3.44. The van der Waals surface area contributed by atoms with Crippen molar-refractivity contribution < 1.29 is 4.79 Å². The molecule has 1 aromatic rings. The largest absolute Gasteiger partial charge is 0.362 e. The van der Waals surface area contributed by atoms with Crippen LogP contribution < -0.4 is 5.32 Å². The molecule has 0 saturated heterocycles. The molecule has 1 N–H and O–H groups in total. The number of carbonyl (C=O) groups is 1. The number of hydrogen-bond donors (Lipinski definition) is 1. The van der Waals surface area contributed by atoms with Gasteiger partial charge in [0.15, 0.2) is 5.82 Å². The molecule has 1 aromatic heterocycles. The third-order valence-electron chi connectivity index (χ3n) is 4.91. The fourth-order valence-corrected chi connectivity index (χ4v) is 3.54. The van der Waals surface area contributed by atoms with Crippen LogP contribution in [-0.4, -0.2) is 33.2 Å². The van der Waals surface area contributed by atoms with Gasteiger partial charge in [0.2, 0.25) is 5.91 Å². The normalized spacial score (nSPS) is 19.9. The molecule has 1 aliphatic carbocycles. The van der Waals surface area contributed by atoms with Gasteiger partial charge in [-0.15, -0.1) is 0 Å². The second-order valence-corrected chi connectivity index (χ2v) is 6.90. The number of rotatable bonds is 5. The maximum atomic E-state index is 11.8. The molecule has 1 unspecified atom stereocenters. The molecule has 2 aliphatic rings. The predicted molar refractivity (Wildman–Crippen MR) is 101 cm³/mol. The van der Waals surface area contributed by atoms with E-state index in [9.17, 15) is 4.79 Å². The van der Waals surface area contributed by atoms with Crippen LogP contribution in [0, 0.1) is 0 Å². The molecule has 5 nitrogen and oxygen atoms in total. The summed E-state index contributed by atoms with van der Waals surface area (Å²) < 4.78 is 2.13. The van der Waals surface area contributed by atoms with Crippen molar-refractivity contribution >= 4 is 11.7 Å². The van der Waals surface area contributed by atoms with Gasteiger partial charge in [0.1, 0.15) is 0 Å². The van der Waals surface area contributed by atoms with E-state index in [1.54, 1.807) is 6.92 Å². The van der Waals surface area contributed by atoms with Crippen LogP contribution in [-0.2, 0) is 24.3 Å². The molecule has 0 saturated carbocycles. The van der Waals surface area contributed by atoms with Gasteiger partial charge < -0.3 is 10.2 Å². The molecule has 3 rings (SSSR count). The van der Waals surface area contributed by atoms with E-state index in [0.29, 0.717) is 6.54 Å². The number of nitrogens with one attached hydrogen (secondary N) is 1. The Morgan fingerprint density at radius 2 is 2.32 bits per heavy atom. The molecule has 0 bridgehead atoms. The van der Waals surface area contributed by atoms with Crippen LogP contribution >= 0.6 is 0 Å². The summed E-state index contributed by atoms with van der Waals surface area (Å²) in [5.41, 5.74) is 3.82. The van der Waals surface area contributed by atoms with E-state index >= 15 is 0 Å². The zero-order valence-corrected chi connectivity index (χ0v) is 15.5. The van der Waals surface area contributed by atoms with E-state index in [1.165, 1.54) is 16.8 Å². The standard InChI is InChI=1S/C20H28N4O/c1-4-5-6-11-24-19-10-12-23(16(3)25)14-18(19)20(22-24)21-17-9-7-8-15(2)13-17/h4-5,7-9,17H,6,10-14H2,1-3H3,(H,21,22)/b5-4+. The van der Waals surface area contributed by atoms with Crippen molar-refractivity contribution in [2.24, 2.45) is 0 Å². The van der Waals surface area contributed by atoms with Crippen molar-refractivity contribution in [3.63, 3.8) is 0 Å². The van der Waals surface area contributed by atoms with E-state index < -0.39 is 0 Å². The lowest BCUT2D eigenvalue weighted by Gasteiger charge is -2.27. The second-order valence-electron chi connectivity index (χ2n) is 6.90. The first-order valence-electron chi connectivity index (χ1n) is 9.14. The number of carbonyl (C=O) groups excluding carboxylic acids is 1. The molecule has 5 heteroatoms. The zero-order chi connectivity index (χ0) is 17.8. The molecule has 134 valence electrons. The Morgan fingerprint density at radius 1 is 1.48 bits per heavy atom. The molecule has 0 radical (unpaired) electrons. The summed E-state index contributed by atoms with van der Waals surface area (Å²) in [6.07, 6.45) is 13.5. The van der Waals surface area contributed by atoms with Crippen molar-refractivity contribution in [1.82, 2.24) is 14.7 Å². The number of fused-ring (bicyclic) bond motifs is 1. The zero-order valence-electron chi connectivity index (χ0n) is 15.5. The highest BCUT2D eigenvalue weighted by molar-refractivity contribution is 5.74. The monoisotopic (exact) mass is 340 g/mol. The summed E-state index contributed by atoms with van der Waals surface area (Å²) in [7, 11) is 0. The Balaban J connectivity index is 1.84. The summed E-state index contributed by atoms with van der Waals surface area (Å²) in [5.74, 6) is 1.07. The maximum Gasteiger partial charge on any atom is 0.219 e. The van der Waals surface area contributed by atoms with Crippen molar-refractivity contribution in [2.45, 2.75) is 59.2 Å². The minimum absolute atomic E-state index is 0.134. The highest BCUT2D eigenvalue weighted by Crippen LogP contribution is 2.28. The van der Waals surface area contributed by atoms with Crippen molar-refractivity contribution in [1.29, 1.82) is 0 Å². The second kappa shape index (κ2) is 7.72. The van der Waals surface area contributed by atoms with Crippen LogP contribution in [0.25, 0.3) is 0 Å². The summed E-state index contributed by atoms with van der Waals surface area (Å²) in [5, 5.41) is 8.45. The molecule has 2 heterocycles. The lowest BCUT2D eigenvalue weighted by Crippen LogP contribution is -2.35. The molecule has 0 spiro atoms. The molecule has 0 aromatic carbocycles. The van der Waals surface area contributed by atoms with Crippen LogP contribution in [0.15, 0.2) is 36.0 Å². The van der Waals surface area contributed by atoms with Gasteiger partial charge in [0, 0.05) is 43.7 Å². The Labute approximate surface area is 150 Å². The highest BCUT2D eigenvalue weighted by Gasteiger charge is 2.27. The summed E-state index contributed by atoms with van der Waals surface area (Å²) in [6, 6.07) is 0.265. The summed E-state index contributed by atoms with van der Waals surface area (Å²) >= 11 is 0. The van der Waals surface area contributed by atoms with Gasteiger partial charge in [-0.2, -0.15) is 5.10 Å². The minimum atomic E-state index is 0.134. The van der Waals surface area contributed by atoms with E-state index in [2.05, 4.69) is 47.3 Å². The third-order valence-corrected chi connectivity index (χ3v) is 4.91. The molecular formula is C20H28N4O. The fourth-order valence-electron chi connectivity index (χ4n) is 3.54. The van der Waals surface area contributed by atoms with Gasteiger partial charge >= 0.3 is 0 Å².